The third-order valence-corrected chi connectivity index (χ3v) is 4.63. The van der Waals surface area contributed by atoms with Gasteiger partial charge < -0.3 is 9.67 Å². The van der Waals surface area contributed by atoms with Crippen LogP contribution >= 0.6 is 11.6 Å². The van der Waals surface area contributed by atoms with Crippen molar-refractivity contribution in [3.8, 4) is 11.4 Å². The molecule has 0 amide bonds. The first-order valence-corrected chi connectivity index (χ1v) is 8.54. The minimum Gasteiger partial charge on any atom is -0.476 e. The van der Waals surface area contributed by atoms with E-state index in [-0.39, 0.29) is 10.8 Å². The third-order valence-electron chi connectivity index (χ3n) is 4.37. The molecular weight excluding hydrogens is 348 g/mol. The Labute approximate surface area is 155 Å². The summed E-state index contributed by atoms with van der Waals surface area (Å²) in [4.78, 5) is 16.1. The highest BCUT2D eigenvalue weighted by Gasteiger charge is 2.23. The van der Waals surface area contributed by atoms with Crippen LogP contribution in [-0.2, 0) is 6.54 Å². The van der Waals surface area contributed by atoms with Crippen LogP contribution in [-0.4, -0.2) is 20.6 Å². The van der Waals surface area contributed by atoms with Crippen LogP contribution in [0.5, 0.6) is 0 Å². The van der Waals surface area contributed by atoms with Crippen molar-refractivity contribution in [1.29, 1.82) is 0 Å². The Morgan fingerprint density at radius 1 is 0.962 bits per heavy atom. The van der Waals surface area contributed by atoms with Crippen molar-refractivity contribution in [2.75, 3.05) is 0 Å². The number of carboxylic acids is 1. The van der Waals surface area contributed by atoms with Gasteiger partial charge in [0.25, 0.3) is 0 Å². The van der Waals surface area contributed by atoms with Gasteiger partial charge >= 0.3 is 5.97 Å². The molecule has 1 heterocycles. The summed E-state index contributed by atoms with van der Waals surface area (Å²) in [6, 6.07) is 23.5. The molecule has 0 aliphatic heterocycles. The normalized spacial score (nSPS) is 11.0. The molecule has 0 saturated carbocycles. The van der Waals surface area contributed by atoms with Crippen LogP contribution in [0.15, 0.2) is 72.8 Å². The molecule has 0 saturated heterocycles. The zero-order valence-electron chi connectivity index (χ0n) is 13.8. The summed E-state index contributed by atoms with van der Waals surface area (Å²) in [5.41, 5.74) is 1.83. The lowest BCUT2D eigenvalue weighted by Gasteiger charge is -2.12. The largest absolute Gasteiger partial charge is 0.476 e. The second-order valence-electron chi connectivity index (χ2n) is 5.97. The van der Waals surface area contributed by atoms with Crippen LogP contribution in [0.4, 0.5) is 0 Å². The summed E-state index contributed by atoms with van der Waals surface area (Å²) in [6.07, 6.45) is 0. The Bertz CT molecular complexity index is 1100. The maximum absolute atomic E-state index is 11.8. The van der Waals surface area contributed by atoms with Crippen molar-refractivity contribution < 1.29 is 9.90 Å². The minimum absolute atomic E-state index is 0.00143. The van der Waals surface area contributed by atoms with Crippen LogP contribution < -0.4 is 0 Å². The van der Waals surface area contributed by atoms with Gasteiger partial charge in [0.1, 0.15) is 5.82 Å². The molecule has 4 rings (SSSR count). The molecule has 4 nitrogen and oxygen atoms in total. The number of benzene rings is 3. The van der Waals surface area contributed by atoms with Crippen LogP contribution in [0.3, 0.4) is 0 Å². The summed E-state index contributed by atoms with van der Waals surface area (Å²) in [5.74, 6) is -0.550. The summed E-state index contributed by atoms with van der Waals surface area (Å²) in [5, 5.41) is 11.8. The molecule has 0 radical (unpaired) electrons. The fourth-order valence-electron chi connectivity index (χ4n) is 3.19. The van der Waals surface area contributed by atoms with E-state index in [1.807, 2.05) is 72.8 Å². The van der Waals surface area contributed by atoms with Crippen LogP contribution in [0.2, 0.25) is 5.15 Å². The van der Waals surface area contributed by atoms with Crippen LogP contribution in [0.25, 0.3) is 22.2 Å². The zero-order chi connectivity index (χ0) is 18.1. The molecule has 0 fully saturated rings. The van der Waals surface area contributed by atoms with E-state index in [4.69, 9.17) is 11.6 Å². The summed E-state index contributed by atoms with van der Waals surface area (Å²) in [7, 11) is 0. The number of carbonyl (C=O) groups is 1. The van der Waals surface area contributed by atoms with E-state index < -0.39 is 5.97 Å². The predicted molar refractivity (Wildman–Crippen MR) is 103 cm³/mol. The van der Waals surface area contributed by atoms with Crippen LogP contribution in [0, 0.1) is 0 Å². The molecule has 3 aromatic carbocycles. The molecule has 5 heteroatoms. The van der Waals surface area contributed by atoms with Crippen LogP contribution in [0.1, 0.15) is 16.1 Å². The second-order valence-corrected chi connectivity index (χ2v) is 6.33. The Morgan fingerprint density at radius 2 is 1.65 bits per heavy atom. The molecule has 26 heavy (non-hydrogen) atoms. The molecule has 1 aromatic heterocycles. The van der Waals surface area contributed by atoms with E-state index in [2.05, 4.69) is 4.98 Å². The highest BCUT2D eigenvalue weighted by Crippen LogP contribution is 2.28. The number of imidazole rings is 1. The third kappa shape index (κ3) is 2.85. The fraction of sp³-hybridized carbons (Fsp3) is 0.0476. The SMILES string of the molecule is O=C(O)c1c(Cl)nc(-c2ccccc2)n1Cc1cccc2ccccc12. The molecule has 128 valence electrons. The van der Waals surface area contributed by atoms with E-state index in [9.17, 15) is 9.90 Å². The van der Waals surface area contributed by atoms with Crippen molar-refractivity contribution in [2.45, 2.75) is 6.54 Å². The lowest BCUT2D eigenvalue weighted by atomic mass is 10.0. The Balaban J connectivity index is 1.91. The van der Waals surface area contributed by atoms with Gasteiger partial charge in [0, 0.05) is 5.56 Å². The molecule has 0 unspecified atom stereocenters. The number of nitrogens with zero attached hydrogens (tertiary/aromatic N) is 2. The first-order valence-electron chi connectivity index (χ1n) is 8.16. The number of aromatic carboxylic acids is 1. The monoisotopic (exact) mass is 362 g/mol. The van der Waals surface area contributed by atoms with Crippen molar-refractivity contribution in [1.82, 2.24) is 9.55 Å². The van der Waals surface area contributed by atoms with Gasteiger partial charge in [0.15, 0.2) is 10.8 Å². The lowest BCUT2D eigenvalue weighted by molar-refractivity contribution is 0.0686. The average molecular weight is 363 g/mol. The van der Waals surface area contributed by atoms with Crippen molar-refractivity contribution in [3.05, 3.63) is 89.2 Å². The predicted octanol–water partition coefficient (Wildman–Crippen LogP) is 5.10. The molecule has 0 bridgehead atoms. The van der Waals surface area contributed by atoms with Gasteiger partial charge in [-0.1, -0.05) is 84.4 Å². The number of aromatic nitrogens is 2. The van der Waals surface area contributed by atoms with Gasteiger partial charge in [0.2, 0.25) is 0 Å². The Hall–Kier alpha value is -3.11. The van der Waals surface area contributed by atoms with Crippen molar-refractivity contribution in [3.63, 3.8) is 0 Å². The number of fused-ring (bicyclic) bond motifs is 1. The van der Waals surface area contributed by atoms with E-state index in [0.717, 1.165) is 21.9 Å². The topological polar surface area (TPSA) is 55.1 Å². The van der Waals surface area contributed by atoms with E-state index >= 15 is 0 Å². The standard InChI is InChI=1S/C21H15ClN2O2/c22-19-18(21(25)26)24(20(23-19)15-8-2-1-3-9-15)13-16-11-6-10-14-7-4-5-12-17(14)16/h1-12H,13H2,(H,25,26). The van der Waals surface area contributed by atoms with Gasteiger partial charge in [-0.2, -0.15) is 0 Å². The number of rotatable bonds is 4. The van der Waals surface area contributed by atoms with E-state index in [1.165, 1.54) is 0 Å². The molecule has 0 spiro atoms. The highest BCUT2D eigenvalue weighted by molar-refractivity contribution is 6.32. The van der Waals surface area contributed by atoms with Gasteiger partial charge in [-0.25, -0.2) is 9.78 Å². The van der Waals surface area contributed by atoms with Gasteiger partial charge in [0.05, 0.1) is 6.54 Å². The summed E-state index contributed by atoms with van der Waals surface area (Å²) in [6.45, 7) is 0.368. The molecule has 4 aromatic rings. The van der Waals surface area contributed by atoms with Crippen molar-refractivity contribution in [2.24, 2.45) is 0 Å². The number of hydrogen-bond donors (Lipinski definition) is 1. The first-order chi connectivity index (χ1) is 12.6. The molecular formula is C21H15ClN2O2. The second kappa shape index (κ2) is 6.65. The number of halogens is 1. The number of carboxylic acid groups (broad SMARTS) is 1. The quantitative estimate of drug-likeness (QED) is 0.549. The Morgan fingerprint density at radius 3 is 2.42 bits per heavy atom. The van der Waals surface area contributed by atoms with Gasteiger partial charge in [-0.05, 0) is 16.3 Å². The fourth-order valence-corrected chi connectivity index (χ4v) is 3.45. The smallest absolute Gasteiger partial charge is 0.355 e. The Kier molecular flexibility index (Phi) is 4.19. The summed E-state index contributed by atoms with van der Waals surface area (Å²) < 4.78 is 1.67. The molecule has 0 aliphatic rings. The number of hydrogen-bond acceptors (Lipinski definition) is 2. The van der Waals surface area contributed by atoms with Gasteiger partial charge in [-0.15, -0.1) is 0 Å². The maximum atomic E-state index is 11.8. The lowest BCUT2D eigenvalue weighted by Crippen LogP contribution is -2.11. The van der Waals surface area contributed by atoms with E-state index in [0.29, 0.717) is 12.4 Å². The molecule has 1 N–H and O–H groups in total. The molecule has 0 aliphatic carbocycles. The molecule has 0 atom stereocenters. The summed E-state index contributed by atoms with van der Waals surface area (Å²) >= 11 is 6.17. The van der Waals surface area contributed by atoms with Gasteiger partial charge in [-0.3, -0.25) is 0 Å². The zero-order valence-corrected chi connectivity index (χ0v) is 14.5. The van der Waals surface area contributed by atoms with E-state index in [1.54, 1.807) is 4.57 Å². The van der Waals surface area contributed by atoms with Crippen molar-refractivity contribution >= 4 is 28.3 Å². The average Bonchev–Trinajstić information content (AvgIpc) is 2.99. The maximum Gasteiger partial charge on any atom is 0.355 e. The first kappa shape index (κ1) is 16.4. The minimum atomic E-state index is -1.09. The highest BCUT2D eigenvalue weighted by atomic mass is 35.5.